The summed E-state index contributed by atoms with van der Waals surface area (Å²) in [6, 6.07) is 14.4. The summed E-state index contributed by atoms with van der Waals surface area (Å²) in [5, 5.41) is 9.21. The fourth-order valence-corrected chi connectivity index (χ4v) is 2.76. The van der Waals surface area contributed by atoms with Gasteiger partial charge in [-0.05, 0) is 18.1 Å². The monoisotopic (exact) mass is 264 g/mol. The summed E-state index contributed by atoms with van der Waals surface area (Å²) in [5.74, 6) is 1.25. The Balaban J connectivity index is 1.83. The van der Waals surface area contributed by atoms with Gasteiger partial charge in [-0.15, -0.1) is 0 Å². The summed E-state index contributed by atoms with van der Waals surface area (Å²) in [6.07, 6.45) is 2.70. The van der Waals surface area contributed by atoms with Gasteiger partial charge in [0.05, 0.1) is 17.4 Å². The molecule has 0 amide bonds. The van der Waals surface area contributed by atoms with E-state index >= 15 is 0 Å². The molecule has 0 bridgehead atoms. The Hall–Kier alpha value is -2.54. The largest absolute Gasteiger partial charge is 0.397 e. The first-order chi connectivity index (χ1) is 9.78. The summed E-state index contributed by atoms with van der Waals surface area (Å²) in [5.41, 5.74) is 8.12. The molecular weight excluding hydrogens is 248 g/mol. The first-order valence-electron chi connectivity index (χ1n) is 6.73. The minimum absolute atomic E-state index is 0.502. The van der Waals surface area contributed by atoms with Gasteiger partial charge in [0.2, 0.25) is 0 Å². The third-order valence-corrected chi connectivity index (χ3v) is 3.77. The Bertz CT molecular complexity index is 645. The normalized spacial score (nSPS) is 17.9. The van der Waals surface area contributed by atoms with Gasteiger partial charge in [0.1, 0.15) is 11.9 Å². The van der Waals surface area contributed by atoms with Gasteiger partial charge in [-0.2, -0.15) is 5.26 Å². The molecule has 2 aromatic rings. The summed E-state index contributed by atoms with van der Waals surface area (Å²) < 4.78 is 0. The number of benzene rings is 1. The van der Waals surface area contributed by atoms with E-state index in [9.17, 15) is 5.26 Å². The highest BCUT2D eigenvalue weighted by atomic mass is 15.2. The molecule has 0 spiro atoms. The van der Waals surface area contributed by atoms with E-state index in [0.29, 0.717) is 17.2 Å². The van der Waals surface area contributed by atoms with Crippen LogP contribution in [0.25, 0.3) is 0 Å². The second-order valence-electron chi connectivity index (χ2n) is 5.09. The molecule has 1 fully saturated rings. The predicted octanol–water partition coefficient (Wildman–Crippen LogP) is 2.53. The third kappa shape index (κ3) is 2.30. The Morgan fingerprint density at radius 1 is 1.30 bits per heavy atom. The topological polar surface area (TPSA) is 65.9 Å². The van der Waals surface area contributed by atoms with Gasteiger partial charge in [0.25, 0.3) is 0 Å². The minimum Gasteiger partial charge on any atom is -0.397 e. The van der Waals surface area contributed by atoms with Crippen LogP contribution in [0.5, 0.6) is 0 Å². The molecule has 100 valence electrons. The molecule has 1 saturated heterocycles. The van der Waals surface area contributed by atoms with Gasteiger partial charge in [-0.3, -0.25) is 0 Å². The van der Waals surface area contributed by atoms with E-state index in [1.54, 1.807) is 12.3 Å². The van der Waals surface area contributed by atoms with Crippen LogP contribution in [0.4, 0.5) is 11.5 Å². The number of pyridine rings is 1. The lowest BCUT2D eigenvalue weighted by Gasteiger charge is -2.19. The van der Waals surface area contributed by atoms with Crippen molar-refractivity contribution in [1.29, 1.82) is 5.26 Å². The van der Waals surface area contributed by atoms with Crippen molar-refractivity contribution in [3.8, 4) is 6.07 Å². The molecule has 1 aromatic heterocycles. The van der Waals surface area contributed by atoms with E-state index < -0.39 is 0 Å². The molecule has 0 saturated carbocycles. The zero-order valence-electron chi connectivity index (χ0n) is 11.2. The number of nitrogen functional groups attached to an aromatic ring is 1. The van der Waals surface area contributed by atoms with Crippen LogP contribution in [0.1, 0.15) is 23.5 Å². The Labute approximate surface area is 118 Å². The van der Waals surface area contributed by atoms with E-state index in [1.807, 2.05) is 6.07 Å². The highest BCUT2D eigenvalue weighted by Crippen LogP contribution is 2.31. The maximum absolute atomic E-state index is 9.21. The molecule has 0 radical (unpaired) electrons. The van der Waals surface area contributed by atoms with Crippen molar-refractivity contribution in [2.45, 2.75) is 12.3 Å². The van der Waals surface area contributed by atoms with E-state index in [2.05, 4.69) is 40.2 Å². The standard InChI is InChI=1S/C16H16N4/c17-9-14-8-15(18)10-19-16(14)20-7-6-13(11-20)12-4-2-1-3-5-12/h1-5,8,10,13H,6-7,11,18H2. The molecule has 0 aliphatic carbocycles. The zero-order valence-corrected chi connectivity index (χ0v) is 11.2. The Morgan fingerprint density at radius 2 is 2.10 bits per heavy atom. The summed E-state index contributed by atoms with van der Waals surface area (Å²) >= 11 is 0. The number of anilines is 2. The van der Waals surface area contributed by atoms with Gasteiger partial charge >= 0.3 is 0 Å². The van der Waals surface area contributed by atoms with E-state index in [4.69, 9.17) is 5.73 Å². The van der Waals surface area contributed by atoms with E-state index in [-0.39, 0.29) is 0 Å². The highest BCUT2D eigenvalue weighted by molar-refractivity contribution is 5.59. The molecule has 4 nitrogen and oxygen atoms in total. The Kier molecular flexibility index (Phi) is 3.26. The summed E-state index contributed by atoms with van der Waals surface area (Å²) in [7, 11) is 0. The van der Waals surface area contributed by atoms with Crippen LogP contribution in [0.2, 0.25) is 0 Å². The molecule has 1 atom stereocenters. The number of aromatic nitrogens is 1. The molecule has 2 heterocycles. The zero-order chi connectivity index (χ0) is 13.9. The molecule has 1 aliphatic rings. The van der Waals surface area contributed by atoms with Crippen molar-refractivity contribution < 1.29 is 0 Å². The minimum atomic E-state index is 0.502. The van der Waals surface area contributed by atoms with Crippen LogP contribution in [0.15, 0.2) is 42.6 Å². The quantitative estimate of drug-likeness (QED) is 0.905. The van der Waals surface area contributed by atoms with E-state index in [0.717, 1.165) is 25.3 Å². The summed E-state index contributed by atoms with van der Waals surface area (Å²) in [6.45, 7) is 1.82. The van der Waals surface area contributed by atoms with Crippen molar-refractivity contribution in [1.82, 2.24) is 4.98 Å². The van der Waals surface area contributed by atoms with Crippen molar-refractivity contribution in [3.63, 3.8) is 0 Å². The van der Waals surface area contributed by atoms with E-state index in [1.165, 1.54) is 5.56 Å². The van der Waals surface area contributed by atoms with Gasteiger partial charge in [0.15, 0.2) is 0 Å². The van der Waals surface area contributed by atoms with Gasteiger partial charge in [-0.1, -0.05) is 30.3 Å². The second-order valence-corrected chi connectivity index (χ2v) is 5.09. The van der Waals surface area contributed by atoms with Crippen LogP contribution < -0.4 is 10.6 Å². The lowest BCUT2D eigenvalue weighted by atomic mass is 9.99. The van der Waals surface area contributed by atoms with Crippen LogP contribution >= 0.6 is 0 Å². The molecular formula is C16H16N4. The van der Waals surface area contributed by atoms with Crippen LogP contribution in [0.3, 0.4) is 0 Å². The fraction of sp³-hybridized carbons (Fsp3) is 0.250. The molecule has 4 heteroatoms. The van der Waals surface area contributed by atoms with Crippen molar-refractivity contribution in [3.05, 3.63) is 53.7 Å². The number of nitrogens with two attached hydrogens (primary N) is 1. The maximum Gasteiger partial charge on any atom is 0.146 e. The highest BCUT2D eigenvalue weighted by Gasteiger charge is 2.26. The average molecular weight is 264 g/mol. The first-order valence-corrected chi connectivity index (χ1v) is 6.73. The van der Waals surface area contributed by atoms with Crippen molar-refractivity contribution >= 4 is 11.5 Å². The van der Waals surface area contributed by atoms with Crippen molar-refractivity contribution in [2.24, 2.45) is 0 Å². The molecule has 2 N–H and O–H groups in total. The SMILES string of the molecule is N#Cc1cc(N)cnc1N1CCC(c2ccccc2)C1. The lowest BCUT2D eigenvalue weighted by Crippen LogP contribution is -2.21. The molecule has 1 unspecified atom stereocenters. The smallest absolute Gasteiger partial charge is 0.146 e. The average Bonchev–Trinajstić information content (AvgIpc) is 2.97. The molecule has 3 rings (SSSR count). The molecule has 1 aromatic carbocycles. The molecule has 20 heavy (non-hydrogen) atoms. The predicted molar refractivity (Wildman–Crippen MR) is 79.4 cm³/mol. The third-order valence-electron chi connectivity index (χ3n) is 3.77. The maximum atomic E-state index is 9.21. The molecule has 1 aliphatic heterocycles. The summed E-state index contributed by atoms with van der Waals surface area (Å²) in [4.78, 5) is 6.51. The van der Waals surface area contributed by atoms with Crippen LogP contribution in [-0.2, 0) is 0 Å². The number of hydrogen-bond donors (Lipinski definition) is 1. The number of nitriles is 1. The lowest BCUT2D eigenvalue weighted by molar-refractivity contribution is 0.774. The van der Waals surface area contributed by atoms with Gasteiger partial charge in [0, 0.05) is 19.0 Å². The van der Waals surface area contributed by atoms with Gasteiger partial charge in [-0.25, -0.2) is 4.98 Å². The number of rotatable bonds is 2. The first kappa shape index (κ1) is 12.5. The Morgan fingerprint density at radius 3 is 2.85 bits per heavy atom. The fourth-order valence-electron chi connectivity index (χ4n) is 2.76. The van der Waals surface area contributed by atoms with Crippen LogP contribution in [-0.4, -0.2) is 18.1 Å². The van der Waals surface area contributed by atoms with Crippen molar-refractivity contribution in [2.75, 3.05) is 23.7 Å². The second kappa shape index (κ2) is 5.22. The van der Waals surface area contributed by atoms with Gasteiger partial charge < -0.3 is 10.6 Å². The number of nitrogens with zero attached hydrogens (tertiary/aromatic N) is 3. The van der Waals surface area contributed by atoms with Crippen LogP contribution in [0, 0.1) is 11.3 Å². The number of hydrogen-bond acceptors (Lipinski definition) is 4.